The molecule has 0 aliphatic heterocycles. The van der Waals surface area contributed by atoms with Gasteiger partial charge >= 0.3 is 5.69 Å². The highest BCUT2D eigenvalue weighted by molar-refractivity contribution is 5.39. The molecule has 0 fully saturated rings. The van der Waals surface area contributed by atoms with Crippen LogP contribution in [0.1, 0.15) is 5.56 Å². The lowest BCUT2D eigenvalue weighted by Crippen LogP contribution is -1.94. The molecule has 0 unspecified atom stereocenters. The number of benzene rings is 1. The zero-order valence-corrected chi connectivity index (χ0v) is 9.41. The number of rotatable bonds is 3. The predicted molar refractivity (Wildman–Crippen MR) is 62.1 cm³/mol. The van der Waals surface area contributed by atoms with E-state index in [-0.39, 0.29) is 11.6 Å². The summed E-state index contributed by atoms with van der Waals surface area (Å²) < 4.78 is 18.5. The van der Waals surface area contributed by atoms with Gasteiger partial charge in [-0.1, -0.05) is 0 Å². The average Bonchev–Trinajstić information content (AvgIpc) is 2.39. The zero-order chi connectivity index (χ0) is 13.8. The molecule has 7 heteroatoms. The minimum Gasteiger partial charge on any atom is -0.439 e. The molecule has 6 nitrogen and oxygen atoms in total. The molecule has 0 bridgehead atoms. The Kier molecular flexibility index (Phi) is 3.34. The van der Waals surface area contributed by atoms with E-state index in [0.717, 1.165) is 12.1 Å². The summed E-state index contributed by atoms with van der Waals surface area (Å²) in [4.78, 5) is 13.5. The maximum Gasteiger partial charge on any atom is 0.305 e. The van der Waals surface area contributed by atoms with Crippen molar-refractivity contribution in [2.24, 2.45) is 0 Å². The van der Waals surface area contributed by atoms with Gasteiger partial charge in [0.2, 0.25) is 11.7 Å². The summed E-state index contributed by atoms with van der Waals surface area (Å²) in [6.07, 6.45) is 1.30. The van der Waals surface area contributed by atoms with E-state index in [1.165, 1.54) is 24.4 Å². The molecule has 1 aromatic heterocycles. The molecule has 0 saturated carbocycles. The van der Waals surface area contributed by atoms with Gasteiger partial charge < -0.3 is 4.74 Å². The number of nitro groups is 1. The van der Waals surface area contributed by atoms with Crippen LogP contribution in [0.15, 0.2) is 36.5 Å². The molecule has 0 aliphatic carbocycles. The molecule has 0 radical (unpaired) electrons. The number of hydrogen-bond donors (Lipinski definition) is 0. The van der Waals surface area contributed by atoms with Gasteiger partial charge in [0.25, 0.3) is 0 Å². The lowest BCUT2D eigenvalue weighted by atomic mass is 10.3. The molecule has 2 rings (SSSR count). The van der Waals surface area contributed by atoms with E-state index in [4.69, 9.17) is 10.00 Å². The Morgan fingerprint density at radius 1 is 1.37 bits per heavy atom. The van der Waals surface area contributed by atoms with Gasteiger partial charge in [-0.3, -0.25) is 10.1 Å². The number of pyridine rings is 1. The number of hydrogen-bond acceptors (Lipinski definition) is 5. The SMILES string of the molecule is N#Cc1ccc(Oc2ccc([N+](=O)[O-])c(F)c2)nc1. The average molecular weight is 259 g/mol. The largest absolute Gasteiger partial charge is 0.439 e. The normalized spacial score (nSPS) is 9.68. The molecular formula is C12H6FN3O3. The monoisotopic (exact) mass is 259 g/mol. The minimum atomic E-state index is -0.990. The Morgan fingerprint density at radius 2 is 2.16 bits per heavy atom. The molecule has 0 N–H and O–H groups in total. The summed E-state index contributed by atoms with van der Waals surface area (Å²) in [6, 6.07) is 8.00. The number of halogens is 1. The van der Waals surface area contributed by atoms with E-state index in [1.54, 1.807) is 0 Å². The second kappa shape index (κ2) is 5.10. The van der Waals surface area contributed by atoms with Crippen molar-refractivity contribution in [2.45, 2.75) is 0 Å². The third kappa shape index (κ3) is 2.81. The lowest BCUT2D eigenvalue weighted by Gasteiger charge is -2.04. The Labute approximate surface area is 106 Å². The van der Waals surface area contributed by atoms with E-state index in [2.05, 4.69) is 4.98 Å². The number of nitro benzene ring substituents is 1. The van der Waals surface area contributed by atoms with Crippen LogP contribution in [0.3, 0.4) is 0 Å². The summed E-state index contributed by atoms with van der Waals surface area (Å²) in [6.45, 7) is 0. The fraction of sp³-hybridized carbons (Fsp3) is 0. The fourth-order valence-corrected chi connectivity index (χ4v) is 1.33. The molecule has 0 amide bonds. The van der Waals surface area contributed by atoms with Gasteiger partial charge in [-0.15, -0.1) is 0 Å². The van der Waals surface area contributed by atoms with Crippen LogP contribution in [0, 0.1) is 27.3 Å². The van der Waals surface area contributed by atoms with Crippen LogP contribution in [0.2, 0.25) is 0 Å². The molecule has 0 spiro atoms. The van der Waals surface area contributed by atoms with E-state index >= 15 is 0 Å². The number of nitriles is 1. The maximum absolute atomic E-state index is 13.3. The Morgan fingerprint density at radius 3 is 2.68 bits per heavy atom. The smallest absolute Gasteiger partial charge is 0.305 e. The molecule has 0 saturated heterocycles. The molecule has 1 aromatic carbocycles. The van der Waals surface area contributed by atoms with Crippen molar-refractivity contribution in [3.8, 4) is 17.7 Å². The third-order valence-electron chi connectivity index (χ3n) is 2.20. The molecule has 1 heterocycles. The Hall–Kier alpha value is -3.01. The molecule has 0 atom stereocenters. The summed E-state index contributed by atoms with van der Waals surface area (Å²) in [5.41, 5.74) is -0.262. The molecule has 19 heavy (non-hydrogen) atoms. The summed E-state index contributed by atoms with van der Waals surface area (Å²) in [5.74, 6) is -0.747. The van der Waals surface area contributed by atoms with Crippen molar-refractivity contribution in [1.29, 1.82) is 5.26 Å². The summed E-state index contributed by atoms with van der Waals surface area (Å²) >= 11 is 0. The van der Waals surface area contributed by atoms with Gasteiger partial charge in [-0.25, -0.2) is 4.98 Å². The quantitative estimate of drug-likeness (QED) is 0.624. The molecule has 94 valence electrons. The van der Waals surface area contributed by atoms with E-state index < -0.39 is 16.4 Å². The topological polar surface area (TPSA) is 89.0 Å². The van der Waals surface area contributed by atoms with Crippen LogP contribution in [0.5, 0.6) is 11.6 Å². The van der Waals surface area contributed by atoms with Crippen LogP contribution in [0.25, 0.3) is 0 Å². The summed E-state index contributed by atoms with van der Waals surface area (Å²) in [5, 5.41) is 19.0. The van der Waals surface area contributed by atoms with Crippen molar-refractivity contribution in [3.05, 3.63) is 58.0 Å². The van der Waals surface area contributed by atoms with Gasteiger partial charge in [0.15, 0.2) is 0 Å². The van der Waals surface area contributed by atoms with Crippen LogP contribution in [0.4, 0.5) is 10.1 Å². The first kappa shape index (κ1) is 12.4. The third-order valence-corrected chi connectivity index (χ3v) is 2.20. The standard InChI is InChI=1S/C12H6FN3O3/c13-10-5-9(2-3-11(10)16(17)18)19-12-4-1-8(6-14)7-15-12/h1-5,7H. The van der Waals surface area contributed by atoms with E-state index in [1.807, 2.05) is 6.07 Å². The second-order valence-corrected chi connectivity index (χ2v) is 3.47. The van der Waals surface area contributed by atoms with Gasteiger partial charge in [0.1, 0.15) is 11.8 Å². The van der Waals surface area contributed by atoms with E-state index in [0.29, 0.717) is 5.56 Å². The van der Waals surface area contributed by atoms with E-state index in [9.17, 15) is 14.5 Å². The molecule has 0 aliphatic rings. The van der Waals surface area contributed by atoms with Crippen LogP contribution < -0.4 is 4.74 Å². The molecular weight excluding hydrogens is 253 g/mol. The van der Waals surface area contributed by atoms with Crippen molar-refractivity contribution < 1.29 is 14.1 Å². The number of aromatic nitrogens is 1. The van der Waals surface area contributed by atoms with Crippen molar-refractivity contribution in [3.63, 3.8) is 0 Å². The van der Waals surface area contributed by atoms with Crippen molar-refractivity contribution in [2.75, 3.05) is 0 Å². The van der Waals surface area contributed by atoms with Crippen LogP contribution in [-0.4, -0.2) is 9.91 Å². The maximum atomic E-state index is 13.3. The Balaban J connectivity index is 2.21. The van der Waals surface area contributed by atoms with Gasteiger partial charge in [0, 0.05) is 24.4 Å². The van der Waals surface area contributed by atoms with Crippen molar-refractivity contribution >= 4 is 5.69 Å². The van der Waals surface area contributed by atoms with Crippen molar-refractivity contribution in [1.82, 2.24) is 4.98 Å². The highest BCUT2D eigenvalue weighted by atomic mass is 19.1. The van der Waals surface area contributed by atoms with Gasteiger partial charge in [-0.05, 0) is 12.1 Å². The van der Waals surface area contributed by atoms with Gasteiger partial charge in [-0.2, -0.15) is 9.65 Å². The van der Waals surface area contributed by atoms with Crippen LogP contribution >= 0.6 is 0 Å². The number of ether oxygens (including phenoxy) is 1. The highest BCUT2D eigenvalue weighted by Gasteiger charge is 2.14. The second-order valence-electron chi connectivity index (χ2n) is 3.47. The first-order valence-electron chi connectivity index (χ1n) is 5.08. The predicted octanol–water partition coefficient (Wildman–Crippen LogP) is 2.79. The first-order valence-corrected chi connectivity index (χ1v) is 5.08. The zero-order valence-electron chi connectivity index (χ0n) is 9.41. The lowest BCUT2D eigenvalue weighted by molar-refractivity contribution is -0.387. The molecule has 2 aromatic rings. The summed E-state index contributed by atoms with van der Waals surface area (Å²) in [7, 11) is 0. The number of nitrogens with zero attached hydrogens (tertiary/aromatic N) is 3. The first-order chi connectivity index (χ1) is 9.10. The Bertz CT molecular complexity index is 665. The fourth-order valence-electron chi connectivity index (χ4n) is 1.33. The minimum absolute atomic E-state index is 0.0836. The van der Waals surface area contributed by atoms with Crippen LogP contribution in [-0.2, 0) is 0 Å². The highest BCUT2D eigenvalue weighted by Crippen LogP contribution is 2.25. The van der Waals surface area contributed by atoms with Gasteiger partial charge in [0.05, 0.1) is 10.5 Å².